The van der Waals surface area contributed by atoms with E-state index in [1.807, 2.05) is 12.3 Å². The first-order chi connectivity index (χ1) is 12.2. The van der Waals surface area contributed by atoms with E-state index >= 15 is 0 Å². The van der Waals surface area contributed by atoms with Crippen LogP contribution in [0.3, 0.4) is 0 Å². The zero-order valence-electron chi connectivity index (χ0n) is 15.1. The summed E-state index contributed by atoms with van der Waals surface area (Å²) in [7, 11) is 0. The van der Waals surface area contributed by atoms with Crippen molar-refractivity contribution >= 4 is 6.08 Å². The first-order valence-electron chi connectivity index (χ1n) is 9.06. The SMILES string of the molecule is C=Cc1ccc(-c2cc(CCC)cnc2-c2ccc(CC)cc2)cc1. The van der Waals surface area contributed by atoms with Gasteiger partial charge in [-0.05, 0) is 41.2 Å². The number of aromatic nitrogens is 1. The highest BCUT2D eigenvalue weighted by Gasteiger charge is 2.10. The van der Waals surface area contributed by atoms with Crippen LogP contribution >= 0.6 is 0 Å². The molecule has 0 amide bonds. The maximum absolute atomic E-state index is 4.82. The summed E-state index contributed by atoms with van der Waals surface area (Å²) < 4.78 is 0. The molecule has 3 rings (SSSR count). The molecule has 1 aromatic heterocycles. The monoisotopic (exact) mass is 327 g/mol. The fourth-order valence-electron chi connectivity index (χ4n) is 3.08. The largest absolute Gasteiger partial charge is 0.255 e. The molecule has 3 aromatic rings. The Morgan fingerprint density at radius 3 is 2.16 bits per heavy atom. The van der Waals surface area contributed by atoms with Crippen molar-refractivity contribution in [2.75, 3.05) is 0 Å². The Kier molecular flexibility index (Phi) is 5.45. The molecule has 0 radical (unpaired) electrons. The number of aryl methyl sites for hydroxylation is 2. The number of benzene rings is 2. The predicted octanol–water partition coefficient (Wildman–Crippen LogP) is 6.57. The summed E-state index contributed by atoms with van der Waals surface area (Å²) in [6.45, 7) is 8.23. The summed E-state index contributed by atoms with van der Waals surface area (Å²) in [4.78, 5) is 4.82. The van der Waals surface area contributed by atoms with Crippen LogP contribution < -0.4 is 0 Å². The second-order valence-corrected chi connectivity index (χ2v) is 6.37. The van der Waals surface area contributed by atoms with Crippen LogP contribution in [0.25, 0.3) is 28.5 Å². The lowest BCUT2D eigenvalue weighted by Gasteiger charge is -2.12. The highest BCUT2D eigenvalue weighted by molar-refractivity contribution is 5.81. The van der Waals surface area contributed by atoms with Crippen molar-refractivity contribution in [2.45, 2.75) is 33.1 Å². The van der Waals surface area contributed by atoms with Gasteiger partial charge in [-0.3, -0.25) is 4.98 Å². The molecule has 1 nitrogen and oxygen atoms in total. The molecule has 126 valence electrons. The van der Waals surface area contributed by atoms with Gasteiger partial charge < -0.3 is 0 Å². The maximum Gasteiger partial charge on any atom is 0.0780 e. The minimum atomic E-state index is 1.05. The third-order valence-corrected chi connectivity index (χ3v) is 4.58. The zero-order valence-corrected chi connectivity index (χ0v) is 15.1. The molecule has 0 N–H and O–H groups in total. The van der Waals surface area contributed by atoms with Crippen LogP contribution in [0.2, 0.25) is 0 Å². The van der Waals surface area contributed by atoms with Crippen LogP contribution in [0.1, 0.15) is 37.0 Å². The van der Waals surface area contributed by atoms with Crippen LogP contribution in [0, 0.1) is 0 Å². The van der Waals surface area contributed by atoms with Crippen molar-refractivity contribution in [1.82, 2.24) is 4.98 Å². The van der Waals surface area contributed by atoms with Crippen LogP contribution in [0.15, 0.2) is 67.4 Å². The molecule has 0 aliphatic rings. The van der Waals surface area contributed by atoms with E-state index < -0.39 is 0 Å². The van der Waals surface area contributed by atoms with E-state index in [9.17, 15) is 0 Å². The van der Waals surface area contributed by atoms with Crippen molar-refractivity contribution in [3.8, 4) is 22.4 Å². The Morgan fingerprint density at radius 1 is 0.880 bits per heavy atom. The molecule has 0 spiro atoms. The molecular formula is C24H25N. The minimum Gasteiger partial charge on any atom is -0.255 e. The smallest absolute Gasteiger partial charge is 0.0780 e. The maximum atomic E-state index is 4.82. The van der Waals surface area contributed by atoms with Crippen molar-refractivity contribution in [2.24, 2.45) is 0 Å². The summed E-state index contributed by atoms with van der Waals surface area (Å²) >= 11 is 0. The third kappa shape index (κ3) is 3.88. The Morgan fingerprint density at radius 2 is 1.56 bits per heavy atom. The molecule has 0 aliphatic heterocycles. The lowest BCUT2D eigenvalue weighted by molar-refractivity contribution is 0.915. The molecule has 0 atom stereocenters. The molecule has 1 heterocycles. The zero-order chi connectivity index (χ0) is 17.6. The lowest BCUT2D eigenvalue weighted by Crippen LogP contribution is -1.94. The predicted molar refractivity (Wildman–Crippen MR) is 109 cm³/mol. The topological polar surface area (TPSA) is 12.9 Å². The van der Waals surface area contributed by atoms with Crippen LogP contribution in [0.5, 0.6) is 0 Å². The molecule has 0 bridgehead atoms. The second kappa shape index (κ2) is 7.94. The highest BCUT2D eigenvalue weighted by atomic mass is 14.7. The van der Waals surface area contributed by atoms with Gasteiger partial charge in [0.1, 0.15) is 0 Å². The van der Waals surface area contributed by atoms with Crippen LogP contribution in [-0.2, 0) is 12.8 Å². The Bertz CT molecular complexity index is 842. The number of pyridine rings is 1. The van der Waals surface area contributed by atoms with Crippen LogP contribution in [-0.4, -0.2) is 4.98 Å². The Hall–Kier alpha value is -2.67. The van der Waals surface area contributed by atoms with Gasteiger partial charge in [-0.1, -0.05) is 81.5 Å². The van der Waals surface area contributed by atoms with E-state index in [0.29, 0.717) is 0 Å². The van der Waals surface area contributed by atoms with E-state index in [1.165, 1.54) is 27.8 Å². The fourth-order valence-corrected chi connectivity index (χ4v) is 3.08. The number of hydrogen-bond acceptors (Lipinski definition) is 1. The summed E-state index contributed by atoms with van der Waals surface area (Å²) in [5, 5.41) is 0. The first kappa shape index (κ1) is 17.2. The molecule has 0 aliphatic carbocycles. The quantitative estimate of drug-likeness (QED) is 0.498. The fraction of sp³-hybridized carbons (Fsp3) is 0.208. The number of rotatable bonds is 6. The summed E-state index contributed by atoms with van der Waals surface area (Å²) in [6.07, 6.45) is 7.13. The normalized spacial score (nSPS) is 10.6. The highest BCUT2D eigenvalue weighted by Crippen LogP contribution is 2.32. The van der Waals surface area contributed by atoms with Gasteiger partial charge >= 0.3 is 0 Å². The van der Waals surface area contributed by atoms with Crippen molar-refractivity contribution < 1.29 is 0 Å². The molecular weight excluding hydrogens is 302 g/mol. The van der Waals surface area contributed by atoms with E-state index in [4.69, 9.17) is 4.98 Å². The van der Waals surface area contributed by atoms with Gasteiger partial charge in [0.15, 0.2) is 0 Å². The minimum absolute atomic E-state index is 1.05. The van der Waals surface area contributed by atoms with E-state index in [2.05, 4.69) is 75.0 Å². The van der Waals surface area contributed by atoms with Gasteiger partial charge in [0.2, 0.25) is 0 Å². The van der Waals surface area contributed by atoms with Crippen molar-refractivity contribution in [3.63, 3.8) is 0 Å². The number of nitrogens with zero attached hydrogens (tertiary/aromatic N) is 1. The summed E-state index contributed by atoms with van der Waals surface area (Å²) in [6, 6.07) is 19.6. The molecule has 0 unspecified atom stereocenters. The van der Waals surface area contributed by atoms with Crippen LogP contribution in [0.4, 0.5) is 0 Å². The Labute approximate surface area is 151 Å². The van der Waals surface area contributed by atoms with Gasteiger partial charge in [0.25, 0.3) is 0 Å². The molecule has 1 heteroatoms. The lowest BCUT2D eigenvalue weighted by atomic mass is 9.95. The molecule has 25 heavy (non-hydrogen) atoms. The van der Waals surface area contributed by atoms with E-state index in [1.54, 1.807) is 0 Å². The molecule has 0 saturated heterocycles. The van der Waals surface area contributed by atoms with Gasteiger partial charge in [-0.2, -0.15) is 0 Å². The first-order valence-corrected chi connectivity index (χ1v) is 9.06. The molecule has 0 fully saturated rings. The average molecular weight is 327 g/mol. The standard InChI is InChI=1S/C24H25N/c1-4-7-20-16-23(21-12-8-18(5-2)9-13-21)24(25-17-20)22-14-10-19(6-3)11-15-22/h5,8-17H,2,4,6-7H2,1,3H3. The van der Waals surface area contributed by atoms with Gasteiger partial charge in [-0.25, -0.2) is 0 Å². The van der Waals surface area contributed by atoms with E-state index in [-0.39, 0.29) is 0 Å². The van der Waals surface area contributed by atoms with Crippen molar-refractivity contribution in [1.29, 1.82) is 0 Å². The van der Waals surface area contributed by atoms with E-state index in [0.717, 1.165) is 30.5 Å². The number of hydrogen-bond donors (Lipinski definition) is 0. The van der Waals surface area contributed by atoms with Gasteiger partial charge in [0.05, 0.1) is 5.69 Å². The van der Waals surface area contributed by atoms with Crippen molar-refractivity contribution in [3.05, 3.63) is 84.1 Å². The summed E-state index contributed by atoms with van der Waals surface area (Å²) in [5.41, 5.74) is 8.39. The second-order valence-electron chi connectivity index (χ2n) is 6.37. The Balaban J connectivity index is 2.10. The van der Waals surface area contributed by atoms with Gasteiger partial charge in [0, 0.05) is 17.3 Å². The molecule has 0 saturated carbocycles. The van der Waals surface area contributed by atoms with Gasteiger partial charge in [-0.15, -0.1) is 0 Å². The average Bonchev–Trinajstić information content (AvgIpc) is 2.68. The molecule has 2 aromatic carbocycles. The summed E-state index contributed by atoms with van der Waals surface area (Å²) in [5.74, 6) is 0. The third-order valence-electron chi connectivity index (χ3n) is 4.58.